The van der Waals surface area contributed by atoms with E-state index in [2.05, 4.69) is 20.3 Å². The van der Waals surface area contributed by atoms with Gasteiger partial charge in [-0.2, -0.15) is 0 Å². The molecule has 1 aliphatic rings. The molecule has 2 heterocycles. The van der Waals surface area contributed by atoms with Gasteiger partial charge in [0.05, 0.1) is 23.0 Å². The van der Waals surface area contributed by atoms with Gasteiger partial charge in [-0.1, -0.05) is 18.2 Å². The van der Waals surface area contributed by atoms with Crippen molar-refractivity contribution >= 4 is 22.9 Å². The first kappa shape index (κ1) is 22.6. The number of para-hydroxylation sites is 1. The van der Waals surface area contributed by atoms with Crippen LogP contribution in [-0.2, 0) is 0 Å². The van der Waals surface area contributed by atoms with Gasteiger partial charge >= 0.3 is 6.09 Å². The van der Waals surface area contributed by atoms with Crippen molar-refractivity contribution in [3.05, 3.63) is 54.5 Å². The predicted octanol–water partition coefficient (Wildman–Crippen LogP) is 4.23. The summed E-state index contributed by atoms with van der Waals surface area (Å²) in [7, 11) is 0. The monoisotopic (exact) mass is 447 g/mol. The van der Waals surface area contributed by atoms with Crippen LogP contribution in [-0.4, -0.2) is 56.6 Å². The molecule has 2 N–H and O–H groups in total. The van der Waals surface area contributed by atoms with Crippen LogP contribution in [0.5, 0.6) is 0 Å². The smallest absolute Gasteiger partial charge is 0.407 e. The molecule has 33 heavy (non-hydrogen) atoms. The number of amides is 2. The van der Waals surface area contributed by atoms with Crippen molar-refractivity contribution in [3.63, 3.8) is 0 Å². The van der Waals surface area contributed by atoms with E-state index in [-0.39, 0.29) is 5.91 Å². The third-order valence-electron chi connectivity index (χ3n) is 6.43. The maximum atomic E-state index is 13.2. The summed E-state index contributed by atoms with van der Waals surface area (Å²) in [5.74, 6) is 0.674. The second kappa shape index (κ2) is 10.4. The molecule has 2 aromatic heterocycles. The van der Waals surface area contributed by atoms with Crippen LogP contribution in [0.1, 0.15) is 43.0 Å². The molecule has 2 amide bonds. The summed E-state index contributed by atoms with van der Waals surface area (Å²) in [6, 6.07) is 9.39. The molecule has 0 spiro atoms. The Kier molecular flexibility index (Phi) is 7.12. The van der Waals surface area contributed by atoms with E-state index in [1.807, 2.05) is 31.2 Å². The minimum atomic E-state index is -0.850. The van der Waals surface area contributed by atoms with Crippen molar-refractivity contribution in [3.8, 4) is 11.4 Å². The number of fused-ring (bicyclic) bond motifs is 1. The number of hydrogen-bond acceptors (Lipinski definition) is 5. The molecular weight excluding hydrogens is 418 g/mol. The van der Waals surface area contributed by atoms with E-state index in [0.717, 1.165) is 36.6 Å². The Balaban J connectivity index is 1.41. The molecule has 0 saturated heterocycles. The van der Waals surface area contributed by atoms with Crippen molar-refractivity contribution in [1.29, 1.82) is 0 Å². The van der Waals surface area contributed by atoms with Gasteiger partial charge in [0.15, 0.2) is 0 Å². The van der Waals surface area contributed by atoms with E-state index in [9.17, 15) is 14.7 Å². The van der Waals surface area contributed by atoms with Crippen molar-refractivity contribution in [2.24, 2.45) is 11.8 Å². The molecule has 1 fully saturated rings. The average Bonchev–Trinajstić information content (AvgIpc) is 2.86. The van der Waals surface area contributed by atoms with Gasteiger partial charge in [-0.25, -0.2) is 9.78 Å². The van der Waals surface area contributed by atoms with Gasteiger partial charge in [0.25, 0.3) is 5.91 Å². The molecule has 172 valence electrons. The number of rotatable bonds is 7. The summed E-state index contributed by atoms with van der Waals surface area (Å²) in [6.07, 6.45) is 7.96. The van der Waals surface area contributed by atoms with Gasteiger partial charge in [0, 0.05) is 37.4 Å². The number of nitrogens with one attached hydrogen (secondary N) is 1. The summed E-state index contributed by atoms with van der Waals surface area (Å²) < 4.78 is 0. The first-order valence-corrected chi connectivity index (χ1v) is 11.5. The predicted molar refractivity (Wildman–Crippen MR) is 126 cm³/mol. The number of carbonyl (C=O) groups excluding carboxylic acids is 1. The van der Waals surface area contributed by atoms with E-state index < -0.39 is 6.09 Å². The van der Waals surface area contributed by atoms with Crippen molar-refractivity contribution in [2.45, 2.75) is 32.6 Å². The van der Waals surface area contributed by atoms with Gasteiger partial charge < -0.3 is 15.3 Å². The fourth-order valence-corrected chi connectivity index (χ4v) is 4.53. The first-order valence-electron chi connectivity index (χ1n) is 11.5. The Labute approximate surface area is 193 Å². The highest BCUT2D eigenvalue weighted by Gasteiger charge is 2.25. The highest BCUT2D eigenvalue weighted by Crippen LogP contribution is 2.29. The van der Waals surface area contributed by atoms with Crippen molar-refractivity contribution in [2.75, 3.05) is 19.6 Å². The maximum absolute atomic E-state index is 13.2. The van der Waals surface area contributed by atoms with Gasteiger partial charge in [0.1, 0.15) is 5.69 Å². The van der Waals surface area contributed by atoms with Crippen LogP contribution in [0.4, 0.5) is 4.79 Å². The molecule has 1 aromatic carbocycles. The van der Waals surface area contributed by atoms with Crippen LogP contribution in [0.3, 0.4) is 0 Å². The Hall–Kier alpha value is -3.55. The Bertz CT molecular complexity index is 1110. The molecule has 8 heteroatoms. The SMILES string of the molecule is CCN(CC1CCC(CNC(=O)c2cc(-c3cnccn3)nc3ccccc23)CC1)C(=O)O. The summed E-state index contributed by atoms with van der Waals surface area (Å²) in [5.41, 5.74) is 2.56. The van der Waals surface area contributed by atoms with Crippen molar-refractivity contribution < 1.29 is 14.7 Å². The molecule has 1 saturated carbocycles. The summed E-state index contributed by atoms with van der Waals surface area (Å²) in [5, 5.41) is 13.2. The van der Waals surface area contributed by atoms with E-state index in [1.54, 1.807) is 24.7 Å². The third-order valence-corrected chi connectivity index (χ3v) is 6.43. The second-order valence-corrected chi connectivity index (χ2v) is 8.58. The van der Waals surface area contributed by atoms with E-state index >= 15 is 0 Å². The Morgan fingerprint density at radius 1 is 1.09 bits per heavy atom. The van der Waals surface area contributed by atoms with Crippen LogP contribution in [0, 0.1) is 11.8 Å². The fourth-order valence-electron chi connectivity index (χ4n) is 4.53. The van der Waals surface area contributed by atoms with Gasteiger partial charge in [0.2, 0.25) is 0 Å². The summed E-state index contributed by atoms with van der Waals surface area (Å²) >= 11 is 0. The molecule has 0 radical (unpaired) electrons. The van der Waals surface area contributed by atoms with Gasteiger partial charge in [-0.3, -0.25) is 14.8 Å². The number of benzene rings is 1. The molecular formula is C25H29N5O3. The van der Waals surface area contributed by atoms with Gasteiger partial charge in [-0.05, 0) is 56.6 Å². The first-order chi connectivity index (χ1) is 16.0. The summed E-state index contributed by atoms with van der Waals surface area (Å²) in [4.78, 5) is 39.0. The van der Waals surface area contributed by atoms with Crippen LogP contribution in [0.2, 0.25) is 0 Å². The lowest BCUT2D eigenvalue weighted by Crippen LogP contribution is -2.37. The van der Waals surface area contributed by atoms with Crippen molar-refractivity contribution in [1.82, 2.24) is 25.2 Å². The zero-order valence-electron chi connectivity index (χ0n) is 18.8. The number of carbonyl (C=O) groups is 2. The normalized spacial score (nSPS) is 18.1. The molecule has 8 nitrogen and oxygen atoms in total. The third kappa shape index (κ3) is 5.45. The van der Waals surface area contributed by atoms with Crippen LogP contribution < -0.4 is 5.32 Å². The maximum Gasteiger partial charge on any atom is 0.407 e. The number of nitrogens with zero attached hydrogens (tertiary/aromatic N) is 4. The highest BCUT2D eigenvalue weighted by molar-refractivity contribution is 6.07. The van der Waals surface area contributed by atoms with E-state index in [0.29, 0.717) is 48.4 Å². The molecule has 3 aromatic rings. The van der Waals surface area contributed by atoms with Crippen LogP contribution in [0.15, 0.2) is 48.9 Å². The van der Waals surface area contributed by atoms with E-state index in [1.165, 1.54) is 4.90 Å². The second-order valence-electron chi connectivity index (χ2n) is 8.58. The average molecular weight is 448 g/mol. The van der Waals surface area contributed by atoms with Gasteiger partial charge in [-0.15, -0.1) is 0 Å². The van der Waals surface area contributed by atoms with Crippen LogP contribution >= 0.6 is 0 Å². The topological polar surface area (TPSA) is 108 Å². The number of aromatic nitrogens is 3. The fraction of sp³-hybridized carbons (Fsp3) is 0.400. The Morgan fingerprint density at radius 3 is 2.55 bits per heavy atom. The molecule has 0 atom stereocenters. The largest absolute Gasteiger partial charge is 0.465 e. The zero-order valence-corrected chi connectivity index (χ0v) is 18.8. The minimum Gasteiger partial charge on any atom is -0.465 e. The lowest BCUT2D eigenvalue weighted by molar-refractivity contribution is 0.0938. The number of pyridine rings is 1. The quantitative estimate of drug-likeness (QED) is 0.561. The lowest BCUT2D eigenvalue weighted by atomic mass is 9.81. The Morgan fingerprint density at radius 2 is 1.85 bits per heavy atom. The molecule has 0 aliphatic heterocycles. The minimum absolute atomic E-state index is 0.121. The number of carboxylic acid groups (broad SMARTS) is 1. The zero-order chi connectivity index (χ0) is 23.2. The molecule has 4 rings (SSSR count). The molecule has 0 bridgehead atoms. The van der Waals surface area contributed by atoms with E-state index in [4.69, 9.17) is 0 Å². The van der Waals surface area contributed by atoms with Crippen LogP contribution in [0.25, 0.3) is 22.3 Å². The number of hydrogen-bond donors (Lipinski definition) is 2. The summed E-state index contributed by atoms with van der Waals surface area (Å²) in [6.45, 7) is 3.59. The highest BCUT2D eigenvalue weighted by atomic mass is 16.4. The standard InChI is InChI=1S/C25H29N5O3/c1-2-30(25(32)33)16-18-9-7-17(8-10-18)14-28-24(31)20-13-22(23-15-26-11-12-27-23)29-21-6-4-3-5-19(20)21/h3-6,11-13,15,17-18H,2,7-10,14,16H2,1H3,(H,28,31)(H,32,33). The molecule has 1 aliphatic carbocycles. The lowest BCUT2D eigenvalue weighted by Gasteiger charge is -2.31. The molecule has 0 unspecified atom stereocenters.